The molecule has 66 valence electrons. The smallest absolute Gasteiger partial charge is 0.216 e. The number of nitrogens with zero attached hydrogens (tertiary/aromatic N) is 2. The van der Waals surface area contributed by atoms with E-state index in [1.54, 1.807) is 20.3 Å². The van der Waals surface area contributed by atoms with Crippen molar-refractivity contribution < 1.29 is 9.47 Å². The van der Waals surface area contributed by atoms with Crippen molar-refractivity contribution in [3.63, 3.8) is 0 Å². The molecule has 0 amide bonds. The summed E-state index contributed by atoms with van der Waals surface area (Å²) in [6.07, 6.45) is 0. The van der Waals surface area contributed by atoms with Crippen LogP contribution in [0.15, 0.2) is 6.07 Å². The highest BCUT2D eigenvalue weighted by Crippen LogP contribution is 2.08. The van der Waals surface area contributed by atoms with Crippen LogP contribution in [0.25, 0.3) is 0 Å². The zero-order chi connectivity index (χ0) is 8.97. The largest absolute Gasteiger partial charge is 0.481 e. The average molecular weight is 168 g/mol. The van der Waals surface area contributed by atoms with E-state index >= 15 is 0 Å². The molecule has 0 spiro atoms. The number of hydrogen-bond acceptors (Lipinski definition) is 4. The molecule has 0 aromatic carbocycles. The molecule has 1 aromatic heterocycles. The second-order valence-corrected chi connectivity index (χ2v) is 2.38. The third-order valence-corrected chi connectivity index (χ3v) is 1.37. The summed E-state index contributed by atoms with van der Waals surface area (Å²) in [5.74, 6) is 1.27. The lowest BCUT2D eigenvalue weighted by atomic mass is 10.4. The van der Waals surface area contributed by atoms with Crippen LogP contribution in [0.2, 0.25) is 0 Å². The van der Waals surface area contributed by atoms with Crippen molar-refractivity contribution in [1.29, 1.82) is 0 Å². The van der Waals surface area contributed by atoms with E-state index in [2.05, 4.69) is 9.97 Å². The van der Waals surface area contributed by atoms with Gasteiger partial charge < -0.3 is 9.47 Å². The molecule has 0 fully saturated rings. The van der Waals surface area contributed by atoms with Gasteiger partial charge in [0.05, 0.1) is 19.4 Å². The van der Waals surface area contributed by atoms with Gasteiger partial charge in [-0.15, -0.1) is 0 Å². The highest BCUT2D eigenvalue weighted by Gasteiger charge is 2.00. The van der Waals surface area contributed by atoms with Gasteiger partial charge >= 0.3 is 0 Å². The maximum atomic E-state index is 4.98. The molecule has 0 aliphatic rings. The van der Waals surface area contributed by atoms with Crippen molar-refractivity contribution in [3.05, 3.63) is 17.6 Å². The van der Waals surface area contributed by atoms with E-state index < -0.39 is 0 Å². The molecule has 4 heteroatoms. The van der Waals surface area contributed by atoms with E-state index in [1.165, 1.54) is 0 Å². The fourth-order valence-corrected chi connectivity index (χ4v) is 0.926. The van der Waals surface area contributed by atoms with Gasteiger partial charge in [0.2, 0.25) is 5.88 Å². The minimum atomic E-state index is 0.486. The lowest BCUT2D eigenvalue weighted by molar-refractivity contribution is 0.180. The molecule has 0 unspecified atom stereocenters. The topological polar surface area (TPSA) is 44.2 Å². The van der Waals surface area contributed by atoms with Gasteiger partial charge in [0.1, 0.15) is 5.82 Å². The van der Waals surface area contributed by atoms with Gasteiger partial charge in [-0.2, -0.15) is 4.98 Å². The second-order valence-electron chi connectivity index (χ2n) is 2.38. The van der Waals surface area contributed by atoms with E-state index in [0.717, 1.165) is 5.69 Å². The van der Waals surface area contributed by atoms with Crippen LogP contribution in [0.1, 0.15) is 11.5 Å². The van der Waals surface area contributed by atoms with Crippen molar-refractivity contribution in [1.82, 2.24) is 9.97 Å². The van der Waals surface area contributed by atoms with Gasteiger partial charge in [0, 0.05) is 13.2 Å². The monoisotopic (exact) mass is 168 g/mol. The fraction of sp³-hybridized carbons (Fsp3) is 0.500. The van der Waals surface area contributed by atoms with Crippen molar-refractivity contribution in [2.24, 2.45) is 0 Å². The summed E-state index contributed by atoms with van der Waals surface area (Å²) in [5, 5.41) is 0. The van der Waals surface area contributed by atoms with Gasteiger partial charge in [-0.05, 0) is 6.92 Å². The number of ether oxygens (including phenoxy) is 2. The van der Waals surface area contributed by atoms with Crippen LogP contribution >= 0.6 is 0 Å². The first-order chi connectivity index (χ1) is 5.76. The summed E-state index contributed by atoms with van der Waals surface area (Å²) >= 11 is 0. The molecule has 4 nitrogen and oxygen atoms in total. The Bertz CT molecular complexity index is 263. The summed E-state index contributed by atoms with van der Waals surface area (Å²) < 4.78 is 9.91. The van der Waals surface area contributed by atoms with Crippen LogP contribution < -0.4 is 4.74 Å². The Balaban J connectivity index is 2.90. The minimum Gasteiger partial charge on any atom is -0.481 e. The summed E-state index contributed by atoms with van der Waals surface area (Å²) in [4.78, 5) is 8.20. The van der Waals surface area contributed by atoms with Crippen LogP contribution in [0.4, 0.5) is 0 Å². The molecule has 0 saturated carbocycles. The van der Waals surface area contributed by atoms with E-state index in [1.807, 2.05) is 6.92 Å². The first kappa shape index (κ1) is 8.93. The predicted octanol–water partition coefficient (Wildman–Crippen LogP) is 0.940. The summed E-state index contributed by atoms with van der Waals surface area (Å²) in [6.45, 7) is 2.31. The quantitative estimate of drug-likeness (QED) is 0.673. The Hall–Kier alpha value is -1.16. The normalized spacial score (nSPS) is 9.92. The molecule has 12 heavy (non-hydrogen) atoms. The highest BCUT2D eigenvalue weighted by molar-refractivity contribution is 5.15. The Morgan fingerprint density at radius 3 is 2.67 bits per heavy atom. The molecule has 0 saturated heterocycles. The SMILES string of the molecule is COCc1cc(OC)nc(C)n1. The number of rotatable bonds is 3. The summed E-state index contributed by atoms with van der Waals surface area (Å²) in [5.41, 5.74) is 0.835. The average Bonchev–Trinajstić information content (AvgIpc) is 2.04. The van der Waals surface area contributed by atoms with E-state index in [4.69, 9.17) is 9.47 Å². The maximum absolute atomic E-state index is 4.98. The molecule has 0 aliphatic heterocycles. The second kappa shape index (κ2) is 4.01. The van der Waals surface area contributed by atoms with Crippen LogP contribution in [-0.2, 0) is 11.3 Å². The number of methoxy groups -OCH3 is 2. The Morgan fingerprint density at radius 1 is 1.33 bits per heavy atom. The molecule has 0 atom stereocenters. The van der Waals surface area contributed by atoms with Gasteiger partial charge in [-0.3, -0.25) is 0 Å². The molecule has 0 aliphatic carbocycles. The van der Waals surface area contributed by atoms with Crippen molar-refractivity contribution >= 4 is 0 Å². The highest BCUT2D eigenvalue weighted by atomic mass is 16.5. The zero-order valence-electron chi connectivity index (χ0n) is 7.50. The lowest BCUT2D eigenvalue weighted by Crippen LogP contribution is -1.99. The van der Waals surface area contributed by atoms with Gasteiger partial charge in [-0.1, -0.05) is 0 Å². The molecule has 0 radical (unpaired) electrons. The van der Waals surface area contributed by atoms with Crippen molar-refractivity contribution in [2.45, 2.75) is 13.5 Å². The van der Waals surface area contributed by atoms with Gasteiger partial charge in [0.25, 0.3) is 0 Å². The van der Waals surface area contributed by atoms with Crippen LogP contribution in [-0.4, -0.2) is 24.2 Å². The number of hydrogen-bond donors (Lipinski definition) is 0. The molecule has 0 bridgehead atoms. The predicted molar refractivity (Wildman–Crippen MR) is 44.0 cm³/mol. The fourth-order valence-electron chi connectivity index (χ4n) is 0.926. The summed E-state index contributed by atoms with van der Waals surface area (Å²) in [6, 6.07) is 1.76. The third-order valence-electron chi connectivity index (χ3n) is 1.37. The molecule has 0 N–H and O–H groups in total. The molecular formula is C8H12N2O2. The van der Waals surface area contributed by atoms with Crippen molar-refractivity contribution in [2.75, 3.05) is 14.2 Å². The number of aromatic nitrogens is 2. The first-order valence-electron chi connectivity index (χ1n) is 3.63. The number of aryl methyl sites for hydroxylation is 1. The van der Waals surface area contributed by atoms with E-state index in [9.17, 15) is 0 Å². The first-order valence-corrected chi connectivity index (χ1v) is 3.63. The molecule has 1 rings (SSSR count). The standard InChI is InChI=1S/C8H12N2O2/c1-6-9-7(5-11-2)4-8(10-6)12-3/h4H,5H2,1-3H3. The van der Waals surface area contributed by atoms with Gasteiger partial charge in [-0.25, -0.2) is 4.98 Å². The molecular weight excluding hydrogens is 156 g/mol. The van der Waals surface area contributed by atoms with E-state index in [0.29, 0.717) is 18.3 Å². The van der Waals surface area contributed by atoms with Gasteiger partial charge in [0.15, 0.2) is 0 Å². The maximum Gasteiger partial charge on any atom is 0.216 e. The Morgan fingerprint density at radius 2 is 2.08 bits per heavy atom. The Kier molecular flexibility index (Phi) is 2.99. The molecule has 1 heterocycles. The Labute approximate surface area is 71.6 Å². The van der Waals surface area contributed by atoms with Crippen molar-refractivity contribution in [3.8, 4) is 5.88 Å². The van der Waals surface area contributed by atoms with E-state index in [-0.39, 0.29) is 0 Å². The van der Waals surface area contributed by atoms with Crippen LogP contribution in [0.5, 0.6) is 5.88 Å². The molecule has 1 aromatic rings. The minimum absolute atomic E-state index is 0.486. The lowest BCUT2D eigenvalue weighted by Gasteiger charge is -2.03. The van der Waals surface area contributed by atoms with Crippen LogP contribution in [0.3, 0.4) is 0 Å². The third kappa shape index (κ3) is 2.17. The zero-order valence-corrected chi connectivity index (χ0v) is 7.50. The van der Waals surface area contributed by atoms with Crippen LogP contribution in [0, 0.1) is 6.92 Å². The summed E-state index contributed by atoms with van der Waals surface area (Å²) in [7, 11) is 3.21.